The summed E-state index contributed by atoms with van der Waals surface area (Å²) in [6.45, 7) is 9.14. The lowest BCUT2D eigenvalue weighted by molar-refractivity contribution is -0.120. The zero-order valence-corrected chi connectivity index (χ0v) is 16.5. The topological polar surface area (TPSA) is 63.6 Å². The fourth-order valence-electron chi connectivity index (χ4n) is 5.73. The van der Waals surface area contributed by atoms with Gasteiger partial charge in [0.1, 0.15) is 0 Å². The number of hydrogen-bond donors (Lipinski definition) is 1. The molecule has 0 bridgehead atoms. The van der Waals surface area contributed by atoms with Crippen molar-refractivity contribution in [1.29, 1.82) is 0 Å². The molecule has 26 heavy (non-hydrogen) atoms. The van der Waals surface area contributed by atoms with Crippen LogP contribution in [0.5, 0.6) is 0 Å². The number of aliphatic hydroxyl groups is 1. The van der Waals surface area contributed by atoms with Crippen LogP contribution < -0.4 is 0 Å². The quantitative estimate of drug-likeness (QED) is 0.588. The van der Waals surface area contributed by atoms with Crippen molar-refractivity contribution in [2.45, 2.75) is 59.8 Å². The largest absolute Gasteiger partial charge is 0.504 e. The van der Waals surface area contributed by atoms with E-state index in [4.69, 9.17) is 4.74 Å². The zero-order valence-electron chi connectivity index (χ0n) is 16.5. The van der Waals surface area contributed by atoms with Gasteiger partial charge in [-0.3, -0.25) is 9.59 Å². The first-order chi connectivity index (χ1) is 12.1. The van der Waals surface area contributed by atoms with Gasteiger partial charge in [0.25, 0.3) is 0 Å². The smallest absolute Gasteiger partial charge is 0.227 e. The summed E-state index contributed by atoms with van der Waals surface area (Å²) in [5, 5.41) is 10.3. The molecule has 0 amide bonds. The normalized spacial score (nSPS) is 34.2. The van der Waals surface area contributed by atoms with E-state index >= 15 is 0 Å². The molecule has 1 N–H and O–H groups in total. The van der Waals surface area contributed by atoms with E-state index in [1.54, 1.807) is 0 Å². The SMILES string of the molecule is COC1=CC(=O)C(O)=C(C[C@@H]2C(C)=CC[C@@H]3C(C)(C)CCC[C@]23C)C1=O. The summed E-state index contributed by atoms with van der Waals surface area (Å²) in [5.41, 5.74) is 1.78. The number of aliphatic hydroxyl groups excluding tert-OH is 1. The van der Waals surface area contributed by atoms with Gasteiger partial charge in [-0.05, 0) is 55.3 Å². The predicted molar refractivity (Wildman–Crippen MR) is 100 cm³/mol. The Morgan fingerprint density at radius 3 is 2.58 bits per heavy atom. The molecule has 142 valence electrons. The highest BCUT2D eigenvalue weighted by atomic mass is 16.5. The summed E-state index contributed by atoms with van der Waals surface area (Å²) >= 11 is 0. The van der Waals surface area contributed by atoms with Crippen LogP contribution in [0.15, 0.2) is 34.8 Å². The van der Waals surface area contributed by atoms with E-state index in [9.17, 15) is 14.7 Å². The molecule has 0 heterocycles. The molecule has 0 unspecified atom stereocenters. The monoisotopic (exact) mass is 358 g/mol. The molecule has 3 rings (SSSR count). The van der Waals surface area contributed by atoms with Crippen LogP contribution in [0.1, 0.15) is 59.8 Å². The molecule has 0 radical (unpaired) electrons. The van der Waals surface area contributed by atoms with Gasteiger partial charge in [0, 0.05) is 11.6 Å². The first-order valence-electron chi connectivity index (χ1n) is 9.55. The molecule has 0 aromatic carbocycles. The Balaban J connectivity index is 1.99. The summed E-state index contributed by atoms with van der Waals surface area (Å²) in [4.78, 5) is 24.8. The molecule has 3 aliphatic rings. The van der Waals surface area contributed by atoms with Crippen LogP contribution in [0.4, 0.5) is 0 Å². The molecule has 3 aliphatic carbocycles. The van der Waals surface area contributed by atoms with Crippen molar-refractivity contribution in [2.75, 3.05) is 7.11 Å². The fraction of sp³-hybridized carbons (Fsp3) is 0.636. The molecular weight excluding hydrogens is 328 g/mol. The van der Waals surface area contributed by atoms with Crippen LogP contribution in [0.25, 0.3) is 0 Å². The number of Topliss-reactive ketones (excluding diaryl/α,β-unsaturated/α-hetero) is 1. The van der Waals surface area contributed by atoms with Crippen molar-refractivity contribution in [2.24, 2.45) is 22.7 Å². The Morgan fingerprint density at radius 2 is 1.92 bits per heavy atom. The van der Waals surface area contributed by atoms with E-state index in [1.807, 2.05) is 0 Å². The molecule has 1 saturated carbocycles. The molecule has 4 heteroatoms. The van der Waals surface area contributed by atoms with Crippen molar-refractivity contribution < 1.29 is 19.4 Å². The zero-order chi connectivity index (χ0) is 19.3. The maximum Gasteiger partial charge on any atom is 0.227 e. The average Bonchev–Trinajstić information content (AvgIpc) is 2.56. The summed E-state index contributed by atoms with van der Waals surface area (Å²) in [5.74, 6) is -0.619. The van der Waals surface area contributed by atoms with Gasteiger partial charge in [0.05, 0.1) is 7.11 Å². The van der Waals surface area contributed by atoms with Crippen molar-refractivity contribution in [1.82, 2.24) is 0 Å². The number of fused-ring (bicyclic) bond motifs is 1. The van der Waals surface area contributed by atoms with Crippen LogP contribution in [0.3, 0.4) is 0 Å². The van der Waals surface area contributed by atoms with E-state index < -0.39 is 11.5 Å². The Kier molecular flexibility index (Phi) is 4.66. The number of rotatable bonds is 3. The second-order valence-electron chi connectivity index (χ2n) is 9.07. The lowest BCUT2D eigenvalue weighted by atomic mass is 9.48. The standard InChI is InChI=1S/C22H30O4/c1-13-7-8-18-21(2,3)9-6-10-22(18,4)15(13)11-14-19(24)16(23)12-17(26-5)20(14)25/h7,12,15,18,24H,6,8-11H2,1-5H3/t15-,18-,22-/m1/s1. The number of ketones is 2. The number of ether oxygens (including phenoxy) is 1. The minimum absolute atomic E-state index is 0.0194. The van der Waals surface area contributed by atoms with Crippen molar-refractivity contribution >= 4 is 11.6 Å². The third-order valence-electron chi connectivity index (χ3n) is 7.20. The molecule has 0 aromatic heterocycles. The molecule has 0 spiro atoms. The van der Waals surface area contributed by atoms with E-state index in [-0.39, 0.29) is 33.9 Å². The Hall–Kier alpha value is -1.84. The summed E-state index contributed by atoms with van der Waals surface area (Å²) in [7, 11) is 1.38. The molecule has 0 saturated heterocycles. The van der Waals surface area contributed by atoms with Crippen molar-refractivity contribution in [3.05, 3.63) is 34.8 Å². The summed E-state index contributed by atoms with van der Waals surface area (Å²) < 4.78 is 5.06. The van der Waals surface area contributed by atoms with Crippen LogP contribution in [-0.2, 0) is 14.3 Å². The second kappa shape index (κ2) is 6.40. The molecular formula is C22H30O4. The van der Waals surface area contributed by atoms with Gasteiger partial charge in [0.15, 0.2) is 11.5 Å². The summed E-state index contributed by atoms with van der Waals surface area (Å²) in [6.07, 6.45) is 8.33. The van der Waals surface area contributed by atoms with E-state index in [0.29, 0.717) is 12.3 Å². The number of carbonyl (C=O) groups excluding carboxylic acids is 2. The maximum absolute atomic E-state index is 12.7. The van der Waals surface area contributed by atoms with Crippen LogP contribution in [0.2, 0.25) is 0 Å². The van der Waals surface area contributed by atoms with E-state index in [2.05, 4.69) is 33.8 Å². The highest BCUT2D eigenvalue weighted by molar-refractivity contribution is 6.20. The minimum atomic E-state index is -0.542. The van der Waals surface area contributed by atoms with Gasteiger partial charge < -0.3 is 9.84 Å². The number of carbonyl (C=O) groups is 2. The molecule has 0 aromatic rings. The Labute approximate surface area is 156 Å². The highest BCUT2D eigenvalue weighted by Gasteiger charge is 2.52. The predicted octanol–water partition coefficient (Wildman–Crippen LogP) is 4.67. The molecule has 1 fully saturated rings. The first kappa shape index (κ1) is 18.9. The van der Waals surface area contributed by atoms with E-state index in [0.717, 1.165) is 18.9 Å². The molecule has 4 nitrogen and oxygen atoms in total. The molecule has 0 aliphatic heterocycles. The Bertz CT molecular complexity index is 737. The lowest BCUT2D eigenvalue weighted by Crippen LogP contribution is -2.48. The minimum Gasteiger partial charge on any atom is -0.504 e. The van der Waals surface area contributed by atoms with Gasteiger partial charge >= 0.3 is 0 Å². The Morgan fingerprint density at radius 1 is 1.23 bits per heavy atom. The fourth-order valence-corrected chi connectivity index (χ4v) is 5.73. The maximum atomic E-state index is 12.7. The van der Waals surface area contributed by atoms with Gasteiger partial charge in [0.2, 0.25) is 11.6 Å². The number of methoxy groups -OCH3 is 1. The third-order valence-corrected chi connectivity index (χ3v) is 7.20. The number of hydrogen-bond acceptors (Lipinski definition) is 4. The van der Waals surface area contributed by atoms with Crippen LogP contribution in [0, 0.1) is 22.7 Å². The third kappa shape index (κ3) is 2.83. The van der Waals surface area contributed by atoms with Crippen molar-refractivity contribution in [3.63, 3.8) is 0 Å². The van der Waals surface area contributed by atoms with E-state index in [1.165, 1.54) is 25.5 Å². The van der Waals surface area contributed by atoms with Gasteiger partial charge in [-0.25, -0.2) is 0 Å². The van der Waals surface area contributed by atoms with Crippen LogP contribution in [-0.4, -0.2) is 23.8 Å². The highest BCUT2D eigenvalue weighted by Crippen LogP contribution is 2.60. The first-order valence-corrected chi connectivity index (χ1v) is 9.55. The van der Waals surface area contributed by atoms with Gasteiger partial charge in [-0.15, -0.1) is 0 Å². The lowest BCUT2D eigenvalue weighted by Gasteiger charge is -2.57. The van der Waals surface area contributed by atoms with Crippen molar-refractivity contribution in [3.8, 4) is 0 Å². The van der Waals surface area contributed by atoms with Gasteiger partial charge in [-0.1, -0.05) is 38.8 Å². The van der Waals surface area contributed by atoms with Crippen LogP contribution >= 0.6 is 0 Å². The van der Waals surface area contributed by atoms with Gasteiger partial charge in [-0.2, -0.15) is 0 Å². The number of allylic oxidation sites excluding steroid dienone is 4. The second-order valence-corrected chi connectivity index (χ2v) is 9.07. The molecule has 3 atom stereocenters. The summed E-state index contributed by atoms with van der Waals surface area (Å²) in [6, 6.07) is 0. The average molecular weight is 358 g/mol.